The summed E-state index contributed by atoms with van der Waals surface area (Å²) in [6.45, 7) is 12.9. The Morgan fingerprint density at radius 2 is 2.13 bits per heavy atom. The maximum Gasteiger partial charge on any atom is 0.236 e. The lowest BCUT2D eigenvalue weighted by atomic mass is 10.1. The third-order valence-corrected chi connectivity index (χ3v) is 9.51. The number of nitro groups is 1. The molecule has 0 spiro atoms. The van der Waals surface area contributed by atoms with Gasteiger partial charge in [-0.25, -0.2) is 0 Å². The highest BCUT2D eigenvalue weighted by molar-refractivity contribution is 6.74. The van der Waals surface area contributed by atoms with Crippen LogP contribution in [-0.4, -0.2) is 29.6 Å². The fraction of sp³-hybridized carbons (Fsp3) is 0.688. The Bertz CT molecular complexity index is 598. The first kappa shape index (κ1) is 17.9. The summed E-state index contributed by atoms with van der Waals surface area (Å²) in [7, 11) is -1.73. The van der Waals surface area contributed by atoms with Crippen molar-refractivity contribution < 1.29 is 9.35 Å². The van der Waals surface area contributed by atoms with E-state index in [0.29, 0.717) is 5.69 Å². The molecule has 1 saturated carbocycles. The molecule has 1 aliphatic carbocycles. The Morgan fingerprint density at radius 3 is 2.65 bits per heavy atom. The molecule has 1 fully saturated rings. The van der Waals surface area contributed by atoms with E-state index in [1.54, 1.807) is 6.07 Å². The van der Waals surface area contributed by atoms with Gasteiger partial charge in [-0.15, -0.1) is 0 Å². The molecule has 0 amide bonds. The van der Waals surface area contributed by atoms with Crippen molar-refractivity contribution in [3.8, 4) is 0 Å². The van der Waals surface area contributed by atoms with Crippen LogP contribution in [0.2, 0.25) is 18.1 Å². The standard InChI is InChI=1S/C16H27N3O3Si/c1-15(2,3)23(4,5)22-13-16(8-9-16)12-18-10-6-14(17-18)7-11-19(20)21/h6-7,10-11H,8-9,12-13H2,1-5H3. The van der Waals surface area contributed by atoms with Crippen LogP contribution in [0.3, 0.4) is 0 Å². The largest absolute Gasteiger partial charge is 0.416 e. The molecule has 1 heterocycles. The fourth-order valence-electron chi connectivity index (χ4n) is 2.11. The summed E-state index contributed by atoms with van der Waals surface area (Å²) >= 11 is 0. The average Bonchev–Trinajstić information content (AvgIpc) is 3.03. The van der Waals surface area contributed by atoms with Gasteiger partial charge in [0, 0.05) is 30.8 Å². The van der Waals surface area contributed by atoms with Crippen molar-refractivity contribution in [2.75, 3.05) is 6.61 Å². The lowest BCUT2D eigenvalue weighted by Crippen LogP contribution is -2.42. The van der Waals surface area contributed by atoms with E-state index in [-0.39, 0.29) is 10.5 Å². The van der Waals surface area contributed by atoms with Gasteiger partial charge < -0.3 is 4.43 Å². The number of nitrogens with zero attached hydrogens (tertiary/aromatic N) is 3. The molecule has 0 saturated heterocycles. The summed E-state index contributed by atoms with van der Waals surface area (Å²) in [5, 5.41) is 14.9. The molecule has 0 radical (unpaired) electrons. The van der Waals surface area contributed by atoms with Crippen LogP contribution in [0.15, 0.2) is 18.5 Å². The average molecular weight is 337 g/mol. The van der Waals surface area contributed by atoms with Crippen LogP contribution in [0.4, 0.5) is 0 Å². The molecule has 23 heavy (non-hydrogen) atoms. The van der Waals surface area contributed by atoms with Crippen molar-refractivity contribution >= 4 is 14.4 Å². The highest BCUT2D eigenvalue weighted by Gasteiger charge is 2.46. The molecule has 6 nitrogen and oxygen atoms in total. The van der Waals surface area contributed by atoms with Crippen LogP contribution in [-0.2, 0) is 11.0 Å². The van der Waals surface area contributed by atoms with Crippen LogP contribution in [0.1, 0.15) is 39.3 Å². The summed E-state index contributed by atoms with van der Waals surface area (Å²) < 4.78 is 8.25. The molecule has 0 unspecified atom stereocenters. The number of hydrogen-bond donors (Lipinski definition) is 0. The molecule has 1 aromatic heterocycles. The molecule has 1 aliphatic rings. The summed E-state index contributed by atoms with van der Waals surface area (Å²) in [4.78, 5) is 9.87. The van der Waals surface area contributed by atoms with Crippen LogP contribution >= 0.6 is 0 Å². The minimum Gasteiger partial charge on any atom is -0.416 e. The highest BCUT2D eigenvalue weighted by atomic mass is 28.4. The molecule has 0 atom stereocenters. The quantitative estimate of drug-likeness (QED) is 0.429. The van der Waals surface area contributed by atoms with Gasteiger partial charge in [0.05, 0.1) is 10.6 Å². The normalized spacial score (nSPS) is 17.6. The predicted molar refractivity (Wildman–Crippen MR) is 93.1 cm³/mol. The van der Waals surface area contributed by atoms with Gasteiger partial charge in [0.25, 0.3) is 0 Å². The molecule has 128 valence electrons. The van der Waals surface area contributed by atoms with E-state index < -0.39 is 13.2 Å². The molecule has 2 rings (SSSR count). The third kappa shape index (κ3) is 4.75. The van der Waals surface area contributed by atoms with Gasteiger partial charge in [-0.3, -0.25) is 14.8 Å². The van der Waals surface area contributed by atoms with Gasteiger partial charge in [0.2, 0.25) is 6.20 Å². The van der Waals surface area contributed by atoms with Crippen molar-refractivity contribution in [2.45, 2.75) is 58.3 Å². The highest BCUT2D eigenvalue weighted by Crippen LogP contribution is 2.49. The van der Waals surface area contributed by atoms with Crippen molar-refractivity contribution in [2.24, 2.45) is 5.41 Å². The molecule has 1 aromatic rings. The van der Waals surface area contributed by atoms with E-state index in [0.717, 1.165) is 32.2 Å². The SMILES string of the molecule is CC(C)(C)[Si](C)(C)OCC1(Cn2ccc(C=C[N+](=O)[O-])n2)CC1. The van der Waals surface area contributed by atoms with Crippen molar-refractivity contribution in [3.05, 3.63) is 34.3 Å². The second-order valence-electron chi connectivity index (χ2n) is 8.09. The summed E-state index contributed by atoms with van der Waals surface area (Å²) in [6.07, 6.45) is 6.53. The van der Waals surface area contributed by atoms with Crippen LogP contribution in [0.25, 0.3) is 6.08 Å². The molecule has 0 bridgehead atoms. The van der Waals surface area contributed by atoms with E-state index >= 15 is 0 Å². The predicted octanol–water partition coefficient (Wildman–Crippen LogP) is 3.93. The van der Waals surface area contributed by atoms with E-state index in [9.17, 15) is 10.1 Å². The molecule has 7 heteroatoms. The monoisotopic (exact) mass is 337 g/mol. The van der Waals surface area contributed by atoms with Crippen molar-refractivity contribution in [3.63, 3.8) is 0 Å². The number of hydrogen-bond acceptors (Lipinski definition) is 4. The summed E-state index contributed by atoms with van der Waals surface area (Å²) in [6, 6.07) is 1.80. The first-order chi connectivity index (χ1) is 10.5. The van der Waals surface area contributed by atoms with Gasteiger partial charge in [-0.05, 0) is 37.0 Å². The third-order valence-electron chi connectivity index (χ3n) is 5.03. The van der Waals surface area contributed by atoms with E-state index in [4.69, 9.17) is 4.43 Å². The van der Waals surface area contributed by atoms with Crippen LogP contribution < -0.4 is 0 Å². The molecule has 0 N–H and O–H groups in total. The maximum atomic E-state index is 10.3. The molecular weight excluding hydrogens is 310 g/mol. The Balaban J connectivity index is 1.94. The van der Waals surface area contributed by atoms with Crippen molar-refractivity contribution in [1.82, 2.24) is 9.78 Å². The minimum atomic E-state index is -1.73. The summed E-state index contributed by atoms with van der Waals surface area (Å²) in [5.74, 6) is 0. The second kappa shape index (κ2) is 6.20. The van der Waals surface area contributed by atoms with E-state index in [2.05, 4.69) is 39.0 Å². The zero-order chi connectivity index (χ0) is 17.3. The van der Waals surface area contributed by atoms with Gasteiger partial charge >= 0.3 is 0 Å². The van der Waals surface area contributed by atoms with Gasteiger partial charge in [0.1, 0.15) is 0 Å². The Morgan fingerprint density at radius 1 is 1.48 bits per heavy atom. The Labute approximate surface area is 138 Å². The van der Waals surface area contributed by atoms with E-state index in [1.807, 2.05) is 10.9 Å². The Kier molecular flexibility index (Phi) is 4.82. The van der Waals surface area contributed by atoms with Gasteiger partial charge in [-0.2, -0.15) is 5.10 Å². The fourth-order valence-corrected chi connectivity index (χ4v) is 3.21. The lowest BCUT2D eigenvalue weighted by molar-refractivity contribution is -0.401. The van der Waals surface area contributed by atoms with Crippen LogP contribution in [0.5, 0.6) is 0 Å². The molecule has 0 aromatic carbocycles. The smallest absolute Gasteiger partial charge is 0.236 e. The topological polar surface area (TPSA) is 70.2 Å². The first-order valence-corrected chi connectivity index (χ1v) is 10.9. The first-order valence-electron chi connectivity index (χ1n) is 8.02. The van der Waals surface area contributed by atoms with E-state index in [1.165, 1.54) is 6.08 Å². The molecular formula is C16H27N3O3Si. The lowest BCUT2D eigenvalue weighted by Gasteiger charge is -2.37. The zero-order valence-corrected chi connectivity index (χ0v) is 15.7. The number of rotatable bonds is 7. The maximum absolute atomic E-state index is 10.3. The zero-order valence-electron chi connectivity index (χ0n) is 14.7. The molecule has 0 aliphatic heterocycles. The minimum absolute atomic E-state index is 0.186. The second-order valence-corrected chi connectivity index (χ2v) is 12.9. The van der Waals surface area contributed by atoms with Crippen LogP contribution in [0, 0.1) is 15.5 Å². The van der Waals surface area contributed by atoms with Gasteiger partial charge in [0.15, 0.2) is 8.32 Å². The van der Waals surface area contributed by atoms with Gasteiger partial charge in [-0.1, -0.05) is 20.8 Å². The van der Waals surface area contributed by atoms with Crippen molar-refractivity contribution in [1.29, 1.82) is 0 Å². The Hall–Kier alpha value is -1.47. The number of aromatic nitrogens is 2. The summed E-state index contributed by atoms with van der Waals surface area (Å²) in [5.41, 5.74) is 0.800.